The van der Waals surface area contributed by atoms with E-state index in [9.17, 15) is 9.90 Å². The third-order valence-corrected chi connectivity index (χ3v) is 3.15. The minimum absolute atomic E-state index is 0.263. The molecule has 1 aliphatic heterocycles. The van der Waals surface area contributed by atoms with Crippen molar-refractivity contribution in [3.05, 3.63) is 12.2 Å². The van der Waals surface area contributed by atoms with Crippen LogP contribution in [0.3, 0.4) is 0 Å². The Morgan fingerprint density at radius 1 is 1.77 bits per heavy atom. The molecular weight excluding hydrogens is 186 g/mol. The molecule has 0 aromatic heterocycles. The van der Waals surface area contributed by atoms with Gasteiger partial charge in [-0.25, -0.2) is 0 Å². The van der Waals surface area contributed by atoms with Crippen molar-refractivity contribution in [3.63, 3.8) is 0 Å². The smallest absolute Gasteiger partial charge is 0.253 e. The van der Waals surface area contributed by atoms with Gasteiger partial charge in [-0.05, 0) is 19.1 Å². The van der Waals surface area contributed by atoms with Crippen molar-refractivity contribution in [2.75, 3.05) is 18.1 Å². The average molecular weight is 201 g/mol. The van der Waals surface area contributed by atoms with Gasteiger partial charge in [0.25, 0.3) is 5.91 Å². The molecule has 0 saturated carbocycles. The first-order valence-electron chi connectivity index (χ1n) is 4.27. The molecule has 2 N–H and O–H groups in total. The standard InChI is InChI=1S/C9H15NO2S/c1-7(2)5-10-8(11)9(12)3-4-13-6-9/h12H,1,3-6H2,2H3,(H,10,11). The summed E-state index contributed by atoms with van der Waals surface area (Å²) in [6.07, 6.45) is 0.555. The Kier molecular flexibility index (Phi) is 3.39. The maximum atomic E-state index is 11.5. The SMILES string of the molecule is C=C(C)CNC(=O)C1(O)CCSC1. The lowest BCUT2D eigenvalue weighted by molar-refractivity contribution is -0.137. The summed E-state index contributed by atoms with van der Waals surface area (Å²) in [5.41, 5.74) is -0.247. The summed E-state index contributed by atoms with van der Waals surface area (Å²) in [6, 6.07) is 0. The molecule has 13 heavy (non-hydrogen) atoms. The van der Waals surface area contributed by atoms with Crippen LogP contribution in [0.2, 0.25) is 0 Å². The molecule has 0 spiro atoms. The highest BCUT2D eigenvalue weighted by Crippen LogP contribution is 2.27. The second-order valence-electron chi connectivity index (χ2n) is 3.47. The predicted molar refractivity (Wildman–Crippen MR) is 54.7 cm³/mol. The summed E-state index contributed by atoms with van der Waals surface area (Å²) >= 11 is 1.61. The monoisotopic (exact) mass is 201 g/mol. The number of carbonyl (C=O) groups excluding carboxylic acids is 1. The molecule has 0 aliphatic carbocycles. The van der Waals surface area contributed by atoms with Gasteiger partial charge in [-0.3, -0.25) is 4.79 Å². The van der Waals surface area contributed by atoms with E-state index in [0.29, 0.717) is 18.7 Å². The van der Waals surface area contributed by atoms with Gasteiger partial charge >= 0.3 is 0 Å². The van der Waals surface area contributed by atoms with Crippen LogP contribution in [0.5, 0.6) is 0 Å². The van der Waals surface area contributed by atoms with Crippen molar-refractivity contribution in [3.8, 4) is 0 Å². The van der Waals surface area contributed by atoms with Gasteiger partial charge in [0.2, 0.25) is 0 Å². The number of aliphatic hydroxyl groups is 1. The van der Waals surface area contributed by atoms with Crippen molar-refractivity contribution in [1.82, 2.24) is 5.32 Å². The van der Waals surface area contributed by atoms with Gasteiger partial charge in [0.15, 0.2) is 5.60 Å². The molecule has 1 atom stereocenters. The minimum atomic E-state index is -1.14. The van der Waals surface area contributed by atoms with Crippen LogP contribution >= 0.6 is 11.8 Å². The summed E-state index contributed by atoms with van der Waals surface area (Å²) < 4.78 is 0. The summed E-state index contributed by atoms with van der Waals surface area (Å²) in [4.78, 5) is 11.5. The van der Waals surface area contributed by atoms with E-state index in [-0.39, 0.29) is 5.91 Å². The van der Waals surface area contributed by atoms with Crippen molar-refractivity contribution in [2.45, 2.75) is 18.9 Å². The van der Waals surface area contributed by atoms with Crippen LogP contribution in [0.15, 0.2) is 12.2 Å². The van der Waals surface area contributed by atoms with E-state index < -0.39 is 5.60 Å². The molecule has 74 valence electrons. The number of amides is 1. The zero-order valence-corrected chi connectivity index (χ0v) is 8.62. The van der Waals surface area contributed by atoms with Gasteiger partial charge in [-0.2, -0.15) is 11.8 Å². The number of hydrogen-bond donors (Lipinski definition) is 2. The normalized spacial score (nSPS) is 27.2. The molecule has 1 fully saturated rings. The molecule has 1 amide bonds. The third kappa shape index (κ3) is 2.74. The predicted octanol–water partition coefficient (Wildman–Crippen LogP) is 0.547. The van der Waals surface area contributed by atoms with Gasteiger partial charge in [-0.1, -0.05) is 12.2 Å². The lowest BCUT2D eigenvalue weighted by atomic mass is 10.0. The minimum Gasteiger partial charge on any atom is -0.379 e. The Morgan fingerprint density at radius 3 is 2.92 bits per heavy atom. The zero-order valence-electron chi connectivity index (χ0n) is 7.80. The van der Waals surface area contributed by atoms with Crippen molar-refractivity contribution >= 4 is 17.7 Å². The van der Waals surface area contributed by atoms with Crippen molar-refractivity contribution in [1.29, 1.82) is 0 Å². The Bertz CT molecular complexity index is 222. The van der Waals surface area contributed by atoms with E-state index in [4.69, 9.17) is 0 Å². The largest absolute Gasteiger partial charge is 0.379 e. The number of hydrogen-bond acceptors (Lipinski definition) is 3. The Morgan fingerprint density at radius 2 is 2.46 bits per heavy atom. The fourth-order valence-corrected chi connectivity index (χ4v) is 2.37. The molecule has 1 heterocycles. The molecule has 1 rings (SSSR count). The number of nitrogens with one attached hydrogen (secondary N) is 1. The second-order valence-corrected chi connectivity index (χ2v) is 4.58. The molecule has 0 bridgehead atoms. The van der Waals surface area contributed by atoms with Gasteiger partial charge in [0, 0.05) is 12.3 Å². The first-order valence-corrected chi connectivity index (χ1v) is 5.43. The molecule has 3 nitrogen and oxygen atoms in total. The quantitative estimate of drug-likeness (QED) is 0.655. The van der Waals surface area contributed by atoms with Crippen LogP contribution < -0.4 is 5.32 Å². The Balaban J connectivity index is 2.42. The first kappa shape index (κ1) is 10.6. The lowest BCUT2D eigenvalue weighted by Crippen LogP contribution is -2.47. The van der Waals surface area contributed by atoms with Crippen molar-refractivity contribution in [2.24, 2.45) is 0 Å². The summed E-state index contributed by atoms with van der Waals surface area (Å²) in [5, 5.41) is 12.5. The first-order chi connectivity index (χ1) is 6.04. The lowest BCUT2D eigenvalue weighted by Gasteiger charge is -2.20. The van der Waals surface area contributed by atoms with E-state index in [1.807, 2.05) is 6.92 Å². The molecule has 1 saturated heterocycles. The molecule has 1 unspecified atom stereocenters. The third-order valence-electron chi connectivity index (χ3n) is 1.97. The molecule has 0 radical (unpaired) electrons. The number of carbonyl (C=O) groups is 1. The van der Waals surface area contributed by atoms with E-state index in [2.05, 4.69) is 11.9 Å². The van der Waals surface area contributed by atoms with E-state index in [1.165, 1.54) is 0 Å². The highest BCUT2D eigenvalue weighted by molar-refractivity contribution is 7.99. The fourth-order valence-electron chi connectivity index (χ4n) is 1.13. The van der Waals surface area contributed by atoms with Crippen LogP contribution in [0.25, 0.3) is 0 Å². The average Bonchev–Trinajstić information content (AvgIpc) is 2.49. The van der Waals surface area contributed by atoms with Gasteiger partial charge in [0.1, 0.15) is 0 Å². The number of thioether (sulfide) groups is 1. The van der Waals surface area contributed by atoms with Crippen LogP contribution in [0, 0.1) is 0 Å². The molecular formula is C9H15NO2S. The molecule has 0 aromatic carbocycles. The van der Waals surface area contributed by atoms with Crippen molar-refractivity contribution < 1.29 is 9.90 Å². The Labute approximate surface area is 82.6 Å². The molecule has 4 heteroatoms. The van der Waals surface area contributed by atoms with E-state index >= 15 is 0 Å². The highest BCUT2D eigenvalue weighted by Gasteiger charge is 2.39. The number of rotatable bonds is 3. The van der Waals surface area contributed by atoms with Gasteiger partial charge < -0.3 is 10.4 Å². The van der Waals surface area contributed by atoms with Crippen LogP contribution in [0.1, 0.15) is 13.3 Å². The highest BCUT2D eigenvalue weighted by atomic mass is 32.2. The molecule has 1 aliphatic rings. The van der Waals surface area contributed by atoms with Crippen LogP contribution in [0.4, 0.5) is 0 Å². The summed E-state index contributed by atoms with van der Waals surface area (Å²) in [6.45, 7) is 5.97. The van der Waals surface area contributed by atoms with Crippen LogP contribution in [-0.2, 0) is 4.79 Å². The summed E-state index contributed by atoms with van der Waals surface area (Å²) in [7, 11) is 0. The maximum absolute atomic E-state index is 11.5. The van der Waals surface area contributed by atoms with Gasteiger partial charge in [-0.15, -0.1) is 0 Å². The van der Waals surface area contributed by atoms with Gasteiger partial charge in [0.05, 0.1) is 0 Å². The Hall–Kier alpha value is -0.480. The zero-order chi connectivity index (χ0) is 9.90. The topological polar surface area (TPSA) is 49.3 Å². The van der Waals surface area contributed by atoms with E-state index in [1.54, 1.807) is 11.8 Å². The maximum Gasteiger partial charge on any atom is 0.253 e. The molecule has 0 aromatic rings. The summed E-state index contributed by atoms with van der Waals surface area (Å²) in [5.74, 6) is 1.10. The van der Waals surface area contributed by atoms with Crippen LogP contribution in [-0.4, -0.2) is 34.7 Å². The fraction of sp³-hybridized carbons (Fsp3) is 0.667. The van der Waals surface area contributed by atoms with E-state index in [0.717, 1.165) is 11.3 Å². The second kappa shape index (κ2) is 4.15.